The molecule has 3 aromatic carbocycles. The zero-order chi connectivity index (χ0) is 20.3. The highest BCUT2D eigenvalue weighted by Crippen LogP contribution is 2.28. The Hall–Kier alpha value is -3.06. The summed E-state index contributed by atoms with van der Waals surface area (Å²) >= 11 is 3.39. The van der Waals surface area contributed by atoms with Crippen molar-refractivity contribution in [2.24, 2.45) is 0 Å². The van der Waals surface area contributed by atoms with Crippen molar-refractivity contribution >= 4 is 33.2 Å². The third-order valence-corrected chi connectivity index (χ3v) is 4.76. The lowest BCUT2D eigenvalue weighted by Crippen LogP contribution is -2.31. The molecule has 0 saturated carbocycles. The lowest BCUT2D eigenvalue weighted by atomic mass is 10.1. The van der Waals surface area contributed by atoms with E-state index in [1.165, 1.54) is 35.2 Å². The molecular weight excluding hydrogens is 427 g/mol. The molecule has 0 N–H and O–H groups in total. The van der Waals surface area contributed by atoms with E-state index in [1.807, 2.05) is 24.3 Å². The van der Waals surface area contributed by atoms with E-state index in [0.717, 1.165) is 10.0 Å². The zero-order valence-corrected chi connectivity index (χ0v) is 16.5. The van der Waals surface area contributed by atoms with E-state index in [9.17, 15) is 19.3 Å². The minimum absolute atomic E-state index is 0.0499. The highest BCUT2D eigenvalue weighted by Gasteiger charge is 2.26. The molecule has 0 fully saturated rings. The second kappa shape index (κ2) is 8.31. The first-order valence-electron chi connectivity index (χ1n) is 8.42. The Morgan fingerprint density at radius 3 is 2.57 bits per heavy atom. The monoisotopic (exact) mass is 442 g/mol. The van der Waals surface area contributed by atoms with Crippen molar-refractivity contribution in [3.63, 3.8) is 0 Å². The van der Waals surface area contributed by atoms with Crippen LogP contribution in [0.4, 0.5) is 15.8 Å². The van der Waals surface area contributed by atoms with Crippen LogP contribution < -0.4 is 4.90 Å². The number of carbonyl (C=O) groups is 1. The summed E-state index contributed by atoms with van der Waals surface area (Å²) in [5.41, 5.74) is 1.50. The van der Waals surface area contributed by atoms with Gasteiger partial charge in [0.25, 0.3) is 11.6 Å². The molecule has 1 amide bonds. The van der Waals surface area contributed by atoms with Crippen LogP contribution in [-0.4, -0.2) is 10.8 Å². The van der Waals surface area contributed by atoms with Gasteiger partial charge in [0.1, 0.15) is 11.4 Å². The number of benzene rings is 3. The van der Waals surface area contributed by atoms with Crippen molar-refractivity contribution in [3.05, 3.63) is 104 Å². The summed E-state index contributed by atoms with van der Waals surface area (Å²) in [4.78, 5) is 25.5. The van der Waals surface area contributed by atoms with Crippen LogP contribution in [-0.2, 0) is 6.54 Å². The van der Waals surface area contributed by atoms with E-state index in [2.05, 4.69) is 15.9 Å². The van der Waals surface area contributed by atoms with Crippen LogP contribution in [0.15, 0.2) is 71.2 Å². The molecule has 0 radical (unpaired) electrons. The van der Waals surface area contributed by atoms with Gasteiger partial charge in [-0.2, -0.15) is 0 Å². The lowest BCUT2D eigenvalue weighted by Gasteiger charge is -2.25. The number of para-hydroxylation sites is 1. The third kappa shape index (κ3) is 4.26. The van der Waals surface area contributed by atoms with E-state index < -0.39 is 16.6 Å². The van der Waals surface area contributed by atoms with Crippen molar-refractivity contribution in [2.75, 3.05) is 4.90 Å². The van der Waals surface area contributed by atoms with Gasteiger partial charge in [-0.25, -0.2) is 4.39 Å². The number of aryl methyl sites for hydroxylation is 1. The molecule has 0 aromatic heterocycles. The Morgan fingerprint density at radius 1 is 1.11 bits per heavy atom. The molecule has 0 spiro atoms. The molecule has 3 aromatic rings. The minimum atomic E-state index is -0.594. The average molecular weight is 443 g/mol. The quantitative estimate of drug-likeness (QED) is 0.378. The predicted octanol–water partition coefficient (Wildman–Crippen LogP) is 5.65. The van der Waals surface area contributed by atoms with Crippen LogP contribution in [0.3, 0.4) is 0 Å². The second-order valence-electron chi connectivity index (χ2n) is 6.23. The van der Waals surface area contributed by atoms with E-state index in [-0.39, 0.29) is 17.8 Å². The van der Waals surface area contributed by atoms with Crippen LogP contribution in [0.5, 0.6) is 0 Å². The smallest absolute Gasteiger partial charge is 0.282 e. The molecule has 28 heavy (non-hydrogen) atoms. The fourth-order valence-corrected chi connectivity index (χ4v) is 3.36. The maximum Gasteiger partial charge on any atom is 0.282 e. The van der Waals surface area contributed by atoms with Crippen LogP contribution in [0.2, 0.25) is 0 Å². The van der Waals surface area contributed by atoms with Crippen molar-refractivity contribution < 1.29 is 14.1 Å². The summed E-state index contributed by atoms with van der Waals surface area (Å²) in [6.07, 6.45) is 0. The summed E-state index contributed by atoms with van der Waals surface area (Å²) in [5, 5.41) is 11.4. The van der Waals surface area contributed by atoms with Gasteiger partial charge in [0.05, 0.1) is 17.2 Å². The molecule has 0 bridgehead atoms. The maximum atomic E-state index is 13.9. The predicted molar refractivity (Wildman–Crippen MR) is 109 cm³/mol. The van der Waals surface area contributed by atoms with Gasteiger partial charge in [0, 0.05) is 10.5 Å². The molecule has 142 valence electrons. The van der Waals surface area contributed by atoms with Gasteiger partial charge in [-0.15, -0.1) is 0 Å². The van der Waals surface area contributed by atoms with Gasteiger partial charge in [0.2, 0.25) is 0 Å². The zero-order valence-electron chi connectivity index (χ0n) is 14.9. The molecule has 0 atom stereocenters. The highest BCUT2D eigenvalue weighted by molar-refractivity contribution is 9.10. The normalized spacial score (nSPS) is 10.5. The molecule has 0 aliphatic heterocycles. The summed E-state index contributed by atoms with van der Waals surface area (Å²) < 4.78 is 14.8. The minimum Gasteiger partial charge on any atom is -0.303 e. The molecule has 0 saturated heterocycles. The molecule has 0 heterocycles. The number of carbonyl (C=O) groups excluding carboxylic acids is 1. The van der Waals surface area contributed by atoms with Gasteiger partial charge in [0.15, 0.2) is 0 Å². The first-order valence-corrected chi connectivity index (χ1v) is 9.22. The number of hydrogen-bond acceptors (Lipinski definition) is 3. The fourth-order valence-electron chi connectivity index (χ4n) is 2.92. The van der Waals surface area contributed by atoms with Crippen LogP contribution in [0.25, 0.3) is 0 Å². The maximum absolute atomic E-state index is 13.9. The molecule has 3 rings (SSSR count). The largest absolute Gasteiger partial charge is 0.303 e. The number of rotatable bonds is 5. The van der Waals surface area contributed by atoms with Crippen molar-refractivity contribution in [1.82, 2.24) is 0 Å². The SMILES string of the molecule is Cc1ccc(F)cc1N(Cc1cccc(Br)c1)C(=O)c1ccccc1[N+](=O)[O-]. The number of nitro benzene ring substituents is 1. The number of nitrogens with zero attached hydrogens (tertiary/aromatic N) is 2. The molecule has 5 nitrogen and oxygen atoms in total. The molecule has 7 heteroatoms. The number of anilines is 1. The van der Waals surface area contributed by atoms with Gasteiger partial charge in [-0.05, 0) is 48.4 Å². The lowest BCUT2D eigenvalue weighted by molar-refractivity contribution is -0.385. The van der Waals surface area contributed by atoms with Gasteiger partial charge in [-0.3, -0.25) is 14.9 Å². The van der Waals surface area contributed by atoms with Crippen LogP contribution in [0.1, 0.15) is 21.5 Å². The standard InChI is InChI=1S/C21H16BrFN2O3/c1-14-9-10-17(23)12-20(14)24(13-15-5-4-6-16(22)11-15)21(26)18-7-2-3-8-19(18)25(27)28/h2-12H,13H2,1H3. The molecule has 0 unspecified atom stereocenters. The summed E-state index contributed by atoms with van der Waals surface area (Å²) in [6, 6.07) is 17.3. The number of amides is 1. The molecule has 0 aliphatic rings. The van der Waals surface area contributed by atoms with E-state index in [0.29, 0.717) is 11.3 Å². The summed E-state index contributed by atoms with van der Waals surface area (Å²) in [6.45, 7) is 1.89. The van der Waals surface area contributed by atoms with Gasteiger partial charge >= 0.3 is 0 Å². The summed E-state index contributed by atoms with van der Waals surface area (Å²) in [5.74, 6) is -1.06. The Balaban J connectivity index is 2.12. The topological polar surface area (TPSA) is 63.5 Å². The Bertz CT molecular complexity index is 1060. The van der Waals surface area contributed by atoms with Gasteiger partial charge in [-0.1, -0.05) is 46.3 Å². The first kappa shape index (κ1) is 19.7. The first-order chi connectivity index (χ1) is 13.4. The van der Waals surface area contributed by atoms with Crippen LogP contribution in [0, 0.1) is 22.9 Å². The van der Waals surface area contributed by atoms with Crippen molar-refractivity contribution in [2.45, 2.75) is 13.5 Å². The number of nitro groups is 1. The fraction of sp³-hybridized carbons (Fsp3) is 0.0952. The summed E-state index contributed by atoms with van der Waals surface area (Å²) in [7, 11) is 0. The molecule has 0 aliphatic carbocycles. The average Bonchev–Trinajstić information content (AvgIpc) is 2.67. The van der Waals surface area contributed by atoms with Crippen molar-refractivity contribution in [3.8, 4) is 0 Å². The van der Waals surface area contributed by atoms with E-state index in [1.54, 1.807) is 19.1 Å². The van der Waals surface area contributed by atoms with E-state index >= 15 is 0 Å². The third-order valence-electron chi connectivity index (χ3n) is 4.27. The van der Waals surface area contributed by atoms with Crippen LogP contribution >= 0.6 is 15.9 Å². The Labute approximate surface area is 169 Å². The second-order valence-corrected chi connectivity index (χ2v) is 7.14. The number of hydrogen-bond donors (Lipinski definition) is 0. The molecular formula is C21H16BrFN2O3. The van der Waals surface area contributed by atoms with E-state index in [4.69, 9.17) is 0 Å². The Kier molecular flexibility index (Phi) is 5.84. The van der Waals surface area contributed by atoms with Crippen molar-refractivity contribution in [1.29, 1.82) is 0 Å². The van der Waals surface area contributed by atoms with Gasteiger partial charge < -0.3 is 4.90 Å². The Morgan fingerprint density at radius 2 is 1.86 bits per heavy atom. The number of halogens is 2. The highest BCUT2D eigenvalue weighted by atomic mass is 79.9.